The van der Waals surface area contributed by atoms with Gasteiger partial charge in [0.25, 0.3) is 0 Å². The molecule has 0 atom stereocenters. The maximum atomic E-state index is 4.66. The molecule has 1 N–H and O–H groups in total. The van der Waals surface area contributed by atoms with E-state index in [-0.39, 0.29) is 0 Å². The lowest BCUT2D eigenvalue weighted by molar-refractivity contribution is 0.992. The van der Waals surface area contributed by atoms with Crippen LogP contribution in [0.2, 0.25) is 0 Å². The number of nitrogens with one attached hydrogen (secondary N) is 1. The van der Waals surface area contributed by atoms with Gasteiger partial charge in [0.2, 0.25) is 0 Å². The van der Waals surface area contributed by atoms with Gasteiger partial charge in [-0.05, 0) is 57.9 Å². The molecule has 18 heavy (non-hydrogen) atoms. The first-order valence-corrected chi connectivity index (χ1v) is 8.26. The molecule has 0 unspecified atom stereocenters. The highest BCUT2D eigenvalue weighted by Crippen LogP contribution is 2.33. The molecule has 0 radical (unpaired) electrons. The Labute approximate surface area is 133 Å². The average molecular weight is 438 g/mol. The van der Waals surface area contributed by atoms with Crippen molar-refractivity contribution < 1.29 is 0 Å². The normalized spacial score (nSPS) is 10.7. The first-order valence-electron chi connectivity index (χ1n) is 5.57. The molecule has 2 heterocycles. The first-order chi connectivity index (χ1) is 8.56. The monoisotopic (exact) mass is 437 g/mol. The summed E-state index contributed by atoms with van der Waals surface area (Å²) in [6.45, 7) is 4.20. The molecule has 2 rings (SSSR count). The molecule has 0 aliphatic rings. The number of aromatic nitrogens is 2. The standard InChI is InChI=1S/C12H13BrIN3S/c1-4-8-10(14)12(15-3)17-11(16-8)9-5-7(13)6(2)18-9/h5H,4H2,1-3H3,(H,15,16,17). The zero-order valence-electron chi connectivity index (χ0n) is 10.3. The number of halogens is 2. The molecule has 0 aromatic carbocycles. The number of hydrogen-bond acceptors (Lipinski definition) is 4. The van der Waals surface area contributed by atoms with Gasteiger partial charge in [-0.25, -0.2) is 9.97 Å². The van der Waals surface area contributed by atoms with E-state index in [0.29, 0.717) is 0 Å². The maximum Gasteiger partial charge on any atom is 0.171 e. The molecular weight excluding hydrogens is 425 g/mol. The highest BCUT2D eigenvalue weighted by Gasteiger charge is 2.13. The van der Waals surface area contributed by atoms with Gasteiger partial charge in [0.1, 0.15) is 5.82 Å². The molecule has 0 fully saturated rings. The fourth-order valence-corrected chi connectivity index (χ4v) is 3.93. The summed E-state index contributed by atoms with van der Waals surface area (Å²) in [7, 11) is 1.89. The lowest BCUT2D eigenvalue weighted by Crippen LogP contribution is -2.04. The van der Waals surface area contributed by atoms with Gasteiger partial charge in [-0.2, -0.15) is 0 Å². The highest BCUT2D eigenvalue weighted by atomic mass is 127. The Balaban J connectivity index is 2.57. The summed E-state index contributed by atoms with van der Waals surface area (Å²) in [5.41, 5.74) is 1.09. The fourth-order valence-electron chi connectivity index (χ4n) is 1.57. The molecule has 0 saturated heterocycles. The summed E-state index contributed by atoms with van der Waals surface area (Å²) < 4.78 is 2.22. The van der Waals surface area contributed by atoms with Crippen molar-refractivity contribution in [3.8, 4) is 10.7 Å². The Morgan fingerprint density at radius 2 is 2.17 bits per heavy atom. The highest BCUT2D eigenvalue weighted by molar-refractivity contribution is 14.1. The van der Waals surface area contributed by atoms with E-state index in [4.69, 9.17) is 0 Å². The average Bonchev–Trinajstić information content (AvgIpc) is 2.70. The molecule has 0 bridgehead atoms. The van der Waals surface area contributed by atoms with Gasteiger partial charge >= 0.3 is 0 Å². The molecular formula is C12H13BrIN3S. The Kier molecular flexibility index (Phi) is 4.60. The third kappa shape index (κ3) is 2.70. The van der Waals surface area contributed by atoms with Crippen molar-refractivity contribution in [3.05, 3.63) is 24.7 Å². The summed E-state index contributed by atoms with van der Waals surface area (Å²) in [6, 6.07) is 2.08. The van der Waals surface area contributed by atoms with Crippen LogP contribution in [0.15, 0.2) is 10.5 Å². The minimum Gasteiger partial charge on any atom is -0.372 e. The Hall–Kier alpha value is -0.210. The van der Waals surface area contributed by atoms with Gasteiger partial charge in [0.05, 0.1) is 14.1 Å². The van der Waals surface area contributed by atoms with Crippen LogP contribution in [0.3, 0.4) is 0 Å². The largest absolute Gasteiger partial charge is 0.372 e. The van der Waals surface area contributed by atoms with Crippen LogP contribution in [0.1, 0.15) is 17.5 Å². The lowest BCUT2D eigenvalue weighted by Gasteiger charge is -2.08. The molecule has 0 saturated carbocycles. The van der Waals surface area contributed by atoms with E-state index in [2.05, 4.69) is 73.7 Å². The second-order valence-electron chi connectivity index (χ2n) is 3.77. The number of rotatable bonds is 3. The summed E-state index contributed by atoms with van der Waals surface area (Å²) in [6.07, 6.45) is 0.911. The van der Waals surface area contributed by atoms with Crippen LogP contribution in [-0.4, -0.2) is 17.0 Å². The molecule has 96 valence electrons. The van der Waals surface area contributed by atoms with E-state index in [1.807, 2.05) is 7.05 Å². The molecule has 0 spiro atoms. The van der Waals surface area contributed by atoms with E-state index in [0.717, 1.165) is 36.7 Å². The molecule has 0 aliphatic heterocycles. The van der Waals surface area contributed by atoms with Crippen LogP contribution in [-0.2, 0) is 6.42 Å². The Morgan fingerprint density at radius 1 is 1.44 bits per heavy atom. The molecule has 2 aromatic rings. The van der Waals surface area contributed by atoms with Crippen LogP contribution in [0.5, 0.6) is 0 Å². The predicted octanol–water partition coefficient (Wildman–Crippen LogP) is 4.48. The van der Waals surface area contributed by atoms with Crippen molar-refractivity contribution in [2.24, 2.45) is 0 Å². The summed E-state index contributed by atoms with van der Waals surface area (Å²) in [5, 5.41) is 3.14. The molecule has 0 amide bonds. The third-order valence-electron chi connectivity index (χ3n) is 2.57. The van der Waals surface area contributed by atoms with Crippen molar-refractivity contribution in [3.63, 3.8) is 0 Å². The van der Waals surface area contributed by atoms with E-state index in [1.165, 1.54) is 4.88 Å². The lowest BCUT2D eigenvalue weighted by atomic mass is 10.3. The Morgan fingerprint density at radius 3 is 2.67 bits per heavy atom. The number of nitrogens with zero attached hydrogens (tertiary/aromatic N) is 2. The number of anilines is 1. The number of aryl methyl sites for hydroxylation is 2. The number of hydrogen-bond donors (Lipinski definition) is 1. The van der Waals surface area contributed by atoms with E-state index >= 15 is 0 Å². The summed E-state index contributed by atoms with van der Waals surface area (Å²) in [4.78, 5) is 11.6. The second-order valence-corrected chi connectivity index (χ2v) is 6.96. The first kappa shape index (κ1) is 14.2. The topological polar surface area (TPSA) is 37.8 Å². The van der Waals surface area contributed by atoms with Gasteiger partial charge in [-0.15, -0.1) is 11.3 Å². The van der Waals surface area contributed by atoms with E-state index < -0.39 is 0 Å². The number of thiophene rings is 1. The van der Waals surface area contributed by atoms with Crippen LogP contribution in [0, 0.1) is 10.5 Å². The van der Waals surface area contributed by atoms with Gasteiger partial charge in [-0.1, -0.05) is 6.92 Å². The molecule has 0 aliphatic carbocycles. The van der Waals surface area contributed by atoms with Crippen molar-refractivity contribution in [1.29, 1.82) is 0 Å². The van der Waals surface area contributed by atoms with Crippen LogP contribution in [0.4, 0.5) is 5.82 Å². The Bertz CT molecular complexity index is 538. The van der Waals surface area contributed by atoms with Gasteiger partial charge in [-0.3, -0.25) is 0 Å². The van der Waals surface area contributed by atoms with Crippen LogP contribution < -0.4 is 5.32 Å². The zero-order valence-corrected chi connectivity index (χ0v) is 14.9. The van der Waals surface area contributed by atoms with Gasteiger partial charge < -0.3 is 5.32 Å². The minimum atomic E-state index is 0.801. The maximum absolute atomic E-state index is 4.66. The summed E-state index contributed by atoms with van der Waals surface area (Å²) >= 11 is 7.54. The fraction of sp³-hybridized carbons (Fsp3) is 0.333. The third-order valence-corrected chi connectivity index (χ3v) is 5.84. The SMILES string of the molecule is CCc1nc(-c2cc(Br)c(C)s2)nc(NC)c1I. The molecule has 3 nitrogen and oxygen atoms in total. The smallest absolute Gasteiger partial charge is 0.171 e. The van der Waals surface area contributed by atoms with Crippen LogP contribution >= 0.6 is 49.9 Å². The van der Waals surface area contributed by atoms with Crippen molar-refractivity contribution in [1.82, 2.24) is 9.97 Å². The summed E-state index contributed by atoms with van der Waals surface area (Å²) in [5.74, 6) is 1.70. The van der Waals surface area contributed by atoms with Crippen molar-refractivity contribution in [2.75, 3.05) is 12.4 Å². The van der Waals surface area contributed by atoms with Gasteiger partial charge in [0.15, 0.2) is 5.82 Å². The van der Waals surface area contributed by atoms with E-state index in [1.54, 1.807) is 11.3 Å². The van der Waals surface area contributed by atoms with Crippen molar-refractivity contribution >= 4 is 55.7 Å². The van der Waals surface area contributed by atoms with Crippen LogP contribution in [0.25, 0.3) is 10.7 Å². The van der Waals surface area contributed by atoms with Gasteiger partial charge in [0, 0.05) is 16.4 Å². The zero-order chi connectivity index (χ0) is 13.3. The second kappa shape index (κ2) is 5.83. The molecule has 2 aromatic heterocycles. The van der Waals surface area contributed by atoms with Crippen molar-refractivity contribution in [2.45, 2.75) is 20.3 Å². The quantitative estimate of drug-likeness (QED) is 0.719. The molecule has 6 heteroatoms. The van der Waals surface area contributed by atoms with E-state index in [9.17, 15) is 0 Å². The minimum absolute atomic E-state index is 0.801. The predicted molar refractivity (Wildman–Crippen MR) is 89.4 cm³/mol.